The van der Waals surface area contributed by atoms with E-state index in [2.05, 4.69) is 4.72 Å². The molecule has 0 radical (unpaired) electrons. The van der Waals surface area contributed by atoms with E-state index in [1.165, 1.54) is 12.1 Å². The summed E-state index contributed by atoms with van der Waals surface area (Å²) in [5, 5.41) is 0. The van der Waals surface area contributed by atoms with Gasteiger partial charge in [-0.2, -0.15) is 8.78 Å². The number of halogens is 2. The summed E-state index contributed by atoms with van der Waals surface area (Å²) in [4.78, 5) is 0. The molecule has 130 valence electrons. The first-order chi connectivity index (χ1) is 10.6. The third-order valence-electron chi connectivity index (χ3n) is 3.95. The van der Waals surface area contributed by atoms with Crippen molar-refractivity contribution in [2.75, 3.05) is 6.61 Å². The van der Waals surface area contributed by atoms with Crippen LogP contribution >= 0.6 is 0 Å². The first-order valence-electron chi connectivity index (χ1n) is 7.90. The average Bonchev–Trinajstić information content (AvgIpc) is 3.01. The molecule has 0 amide bonds. The Bertz CT molecular complexity index is 528. The number of alkyl halides is 2. The fraction of sp³-hybridized carbons (Fsp3) is 0.647. The molecule has 3 atom stereocenters. The Morgan fingerprint density at radius 1 is 1.35 bits per heavy atom. The second-order valence-electron chi connectivity index (χ2n) is 6.97. The molecule has 0 saturated carbocycles. The Morgan fingerprint density at radius 2 is 2.04 bits per heavy atom. The number of hydrogen-bond donors (Lipinski definition) is 1. The summed E-state index contributed by atoms with van der Waals surface area (Å²) in [5.41, 5.74) is 0.648. The second-order valence-corrected chi connectivity index (χ2v) is 8.97. The summed E-state index contributed by atoms with van der Waals surface area (Å²) < 4.78 is 49.0. The van der Waals surface area contributed by atoms with Crippen molar-refractivity contribution in [2.45, 2.75) is 63.4 Å². The van der Waals surface area contributed by atoms with Gasteiger partial charge in [0.05, 0.1) is 6.04 Å². The lowest BCUT2D eigenvalue weighted by Crippen LogP contribution is -2.40. The molecule has 6 heteroatoms. The van der Waals surface area contributed by atoms with Gasteiger partial charge in [0.15, 0.2) is 0 Å². The fourth-order valence-electron chi connectivity index (χ4n) is 2.47. The Balaban J connectivity index is 2.16. The van der Waals surface area contributed by atoms with Gasteiger partial charge in [-0.1, -0.05) is 18.2 Å². The van der Waals surface area contributed by atoms with E-state index < -0.39 is 28.1 Å². The van der Waals surface area contributed by atoms with Crippen LogP contribution in [0.25, 0.3) is 0 Å². The molecule has 1 unspecified atom stereocenters. The fourth-order valence-corrected chi connectivity index (χ4v) is 3.28. The zero-order chi connectivity index (χ0) is 17.3. The molecule has 1 aromatic rings. The minimum atomic E-state index is -3.00. The molecular weight excluding hydrogens is 320 g/mol. The van der Waals surface area contributed by atoms with Crippen LogP contribution < -0.4 is 4.72 Å². The van der Waals surface area contributed by atoms with Crippen LogP contribution in [0.5, 0.6) is 0 Å². The largest absolute Gasteiger partial charge is 0.598 e. The van der Waals surface area contributed by atoms with Gasteiger partial charge in [0.1, 0.15) is 10.9 Å². The van der Waals surface area contributed by atoms with Crippen molar-refractivity contribution >= 4 is 11.4 Å². The van der Waals surface area contributed by atoms with Gasteiger partial charge < -0.3 is 9.29 Å². The summed E-state index contributed by atoms with van der Waals surface area (Å²) in [6.45, 7) is 7.82. The quantitative estimate of drug-likeness (QED) is 0.818. The molecule has 0 aliphatic carbocycles. The molecule has 0 spiro atoms. The highest BCUT2D eigenvalue weighted by Gasteiger charge is 2.44. The van der Waals surface area contributed by atoms with Crippen molar-refractivity contribution in [2.24, 2.45) is 0 Å². The minimum absolute atomic E-state index is 0.0444. The van der Waals surface area contributed by atoms with Crippen LogP contribution in [0.15, 0.2) is 24.3 Å². The Labute approximate surface area is 140 Å². The molecule has 1 saturated heterocycles. The van der Waals surface area contributed by atoms with Gasteiger partial charge in [-0.15, -0.1) is 4.72 Å². The molecule has 1 N–H and O–H groups in total. The third-order valence-corrected chi connectivity index (χ3v) is 5.63. The predicted octanol–water partition coefficient (Wildman–Crippen LogP) is 4.07. The molecule has 2 rings (SSSR count). The van der Waals surface area contributed by atoms with Crippen molar-refractivity contribution in [3.8, 4) is 0 Å². The van der Waals surface area contributed by atoms with E-state index >= 15 is 0 Å². The van der Waals surface area contributed by atoms with E-state index in [-0.39, 0.29) is 11.6 Å². The Hall–Kier alpha value is -0.690. The number of nitrogens with one attached hydrogen (secondary N) is 1. The lowest BCUT2D eigenvalue weighted by Gasteiger charge is -2.27. The van der Waals surface area contributed by atoms with Gasteiger partial charge in [-0.05, 0) is 52.2 Å². The van der Waals surface area contributed by atoms with Crippen LogP contribution in [-0.2, 0) is 22.0 Å². The van der Waals surface area contributed by atoms with Crippen LogP contribution in [0.1, 0.15) is 57.7 Å². The number of benzene rings is 1. The molecule has 3 nitrogen and oxygen atoms in total. The van der Waals surface area contributed by atoms with E-state index in [1.807, 2.05) is 27.7 Å². The average molecular weight is 345 g/mol. The van der Waals surface area contributed by atoms with Gasteiger partial charge in [-0.25, -0.2) is 0 Å². The highest BCUT2D eigenvalue weighted by atomic mass is 32.2. The van der Waals surface area contributed by atoms with Crippen LogP contribution in [-0.4, -0.2) is 22.0 Å². The molecule has 1 aliphatic heterocycles. The van der Waals surface area contributed by atoms with Crippen LogP contribution in [0.3, 0.4) is 0 Å². The molecule has 23 heavy (non-hydrogen) atoms. The molecule has 1 fully saturated rings. The van der Waals surface area contributed by atoms with Crippen molar-refractivity contribution in [1.29, 1.82) is 0 Å². The lowest BCUT2D eigenvalue weighted by molar-refractivity contribution is -0.122. The van der Waals surface area contributed by atoms with Crippen LogP contribution in [0, 0.1) is 0 Å². The topological polar surface area (TPSA) is 44.3 Å². The second kappa shape index (κ2) is 7.05. The minimum Gasteiger partial charge on any atom is -0.598 e. The molecule has 1 aliphatic rings. The smallest absolute Gasteiger partial charge is 0.298 e. The zero-order valence-electron chi connectivity index (χ0n) is 14.1. The van der Waals surface area contributed by atoms with E-state index in [1.54, 1.807) is 12.1 Å². The third kappa shape index (κ3) is 4.44. The normalized spacial score (nSPS) is 22.1. The maximum atomic E-state index is 14.6. The van der Waals surface area contributed by atoms with Crippen molar-refractivity contribution < 1.29 is 18.1 Å². The van der Waals surface area contributed by atoms with E-state index in [9.17, 15) is 13.3 Å². The van der Waals surface area contributed by atoms with E-state index in [0.717, 1.165) is 0 Å². The summed E-state index contributed by atoms with van der Waals surface area (Å²) in [7, 11) is 0. The van der Waals surface area contributed by atoms with Crippen molar-refractivity contribution in [3.63, 3.8) is 0 Å². The molecule has 1 aromatic carbocycles. The summed E-state index contributed by atoms with van der Waals surface area (Å²) in [5.74, 6) is -3.00. The Kier molecular flexibility index (Phi) is 5.72. The molecule has 0 aromatic heterocycles. The number of rotatable bonds is 5. The first-order valence-corrected chi connectivity index (χ1v) is 9.05. The summed E-state index contributed by atoms with van der Waals surface area (Å²) >= 11 is -1.26. The summed E-state index contributed by atoms with van der Waals surface area (Å²) in [6, 6.07) is 6.02. The van der Waals surface area contributed by atoms with Gasteiger partial charge in [-0.3, -0.25) is 0 Å². The maximum absolute atomic E-state index is 14.6. The predicted molar refractivity (Wildman–Crippen MR) is 88.8 cm³/mol. The highest BCUT2D eigenvalue weighted by molar-refractivity contribution is 7.90. The van der Waals surface area contributed by atoms with Gasteiger partial charge in [0, 0.05) is 23.5 Å². The van der Waals surface area contributed by atoms with Crippen molar-refractivity contribution in [3.05, 3.63) is 35.4 Å². The summed E-state index contributed by atoms with van der Waals surface area (Å²) in [6.07, 6.45) is -0.00799. The van der Waals surface area contributed by atoms with Crippen LogP contribution in [0.2, 0.25) is 0 Å². The zero-order valence-corrected chi connectivity index (χ0v) is 14.9. The lowest BCUT2D eigenvalue weighted by atomic mass is 9.97. The van der Waals surface area contributed by atoms with Crippen molar-refractivity contribution in [1.82, 2.24) is 4.72 Å². The number of ether oxygens (including phenoxy) is 1. The van der Waals surface area contributed by atoms with E-state index in [0.29, 0.717) is 25.0 Å². The monoisotopic (exact) mass is 345 g/mol. The van der Waals surface area contributed by atoms with Gasteiger partial charge >= 0.3 is 0 Å². The molecule has 1 heterocycles. The van der Waals surface area contributed by atoms with E-state index in [4.69, 9.17) is 4.74 Å². The first kappa shape index (κ1) is 18.6. The standard InChI is InChI=1S/C17H25F2NO2S/c1-12(20-23(21)16(2,3)4)13-7-5-8-14(11-13)17(18,19)15-9-6-10-22-15/h5,7-8,11-12,15,20H,6,9-10H2,1-4H3/t12-,15-,23?/m1/s1. The maximum Gasteiger partial charge on any atom is 0.298 e. The van der Waals surface area contributed by atoms with Gasteiger partial charge in [0.2, 0.25) is 0 Å². The SMILES string of the molecule is C[C@@H](N[S+]([O-])C(C)(C)C)c1cccc(C(F)(F)[C@H]2CCCO2)c1. The van der Waals surface area contributed by atoms with Crippen LogP contribution in [0.4, 0.5) is 8.78 Å². The highest BCUT2D eigenvalue weighted by Crippen LogP contribution is 2.38. The Morgan fingerprint density at radius 3 is 2.61 bits per heavy atom. The van der Waals surface area contributed by atoms with Gasteiger partial charge in [0.25, 0.3) is 5.92 Å². The number of hydrogen-bond acceptors (Lipinski definition) is 3. The molecule has 0 bridgehead atoms. The molecular formula is C17H25F2NO2S.